The van der Waals surface area contributed by atoms with Gasteiger partial charge in [0.2, 0.25) is 0 Å². The number of thiophene rings is 2. The average molecular weight is 978 g/mol. The van der Waals surface area contributed by atoms with Crippen LogP contribution in [0.5, 0.6) is 0 Å². The first kappa shape index (κ1) is 47.0. The standard InChI is InChI=1S/C24H19ClFN5OS.C19H18FN5.C5H3ClO2S/c1-27-22-12-17-18(13-29-22)31(24(30-17)23-16(26)6-3-9-28-23)15-5-2-4-14(10-15)11-19(32)20-7-8-21(25)33-20;1-12-5-3-6-13(9-12)25-16-11-23-17(21-2)10-15(16)24-19(25)18-14(20)7-4-8-22-18;6-4-2-1-3(9-4)5(7)8/h3,6-9,12-15H,2,4-5,10-11H2;4,7-8,10-13H,3,5-6,9H2,1H3;1-2H,(H,7,8)/t14-,15+;12-,13+;/m11./s1. The van der Waals surface area contributed by atoms with Gasteiger partial charge >= 0.3 is 5.97 Å². The summed E-state index contributed by atoms with van der Waals surface area (Å²) in [5, 5.41) is 8.35. The van der Waals surface area contributed by atoms with Gasteiger partial charge in [-0.2, -0.15) is 0 Å². The third kappa shape index (κ3) is 10.7. The largest absolute Gasteiger partial charge is 0.477 e. The van der Waals surface area contributed by atoms with E-state index in [4.69, 9.17) is 41.5 Å². The molecule has 0 bridgehead atoms. The van der Waals surface area contributed by atoms with E-state index >= 15 is 0 Å². The molecule has 10 rings (SSSR count). The van der Waals surface area contributed by atoms with Crippen LogP contribution >= 0.6 is 45.9 Å². The third-order valence-corrected chi connectivity index (χ3v) is 14.3. The van der Waals surface area contributed by atoms with E-state index in [0.29, 0.717) is 54.4 Å². The van der Waals surface area contributed by atoms with Crippen molar-refractivity contribution < 1.29 is 23.5 Å². The van der Waals surface area contributed by atoms with Gasteiger partial charge in [-0.05, 0) is 105 Å². The van der Waals surface area contributed by atoms with Gasteiger partial charge in [-0.25, -0.2) is 33.5 Å². The summed E-state index contributed by atoms with van der Waals surface area (Å²) < 4.78 is 34.3. The Hall–Kier alpha value is -6.50. The van der Waals surface area contributed by atoms with E-state index in [2.05, 4.69) is 51.1 Å². The highest BCUT2D eigenvalue weighted by atomic mass is 35.5. The first-order chi connectivity index (χ1) is 32.4. The summed E-state index contributed by atoms with van der Waals surface area (Å²) in [5.74, 6) is 0.638. The lowest BCUT2D eigenvalue weighted by Crippen LogP contribution is -2.22. The van der Waals surface area contributed by atoms with Crippen LogP contribution in [-0.2, 0) is 0 Å². The molecule has 67 heavy (non-hydrogen) atoms. The summed E-state index contributed by atoms with van der Waals surface area (Å²) in [6, 6.07) is 16.0. The highest BCUT2D eigenvalue weighted by Gasteiger charge is 2.31. The Morgan fingerprint density at radius 2 is 1.24 bits per heavy atom. The molecule has 0 spiro atoms. The Balaban J connectivity index is 0.000000157. The molecule has 2 fully saturated rings. The van der Waals surface area contributed by atoms with Crippen LogP contribution in [0.15, 0.2) is 85.5 Å². The second-order valence-corrected chi connectivity index (χ2v) is 19.7. The van der Waals surface area contributed by atoms with Crippen LogP contribution < -0.4 is 0 Å². The summed E-state index contributed by atoms with van der Waals surface area (Å²) in [5.41, 5.74) is 3.25. The van der Waals surface area contributed by atoms with E-state index in [1.165, 1.54) is 36.0 Å². The number of fused-ring (bicyclic) bond motifs is 2. The Labute approximate surface area is 401 Å². The molecule has 8 heterocycles. The van der Waals surface area contributed by atoms with Crippen molar-refractivity contribution in [2.24, 2.45) is 11.8 Å². The number of ketones is 1. The van der Waals surface area contributed by atoms with Crippen molar-refractivity contribution in [2.45, 2.75) is 76.8 Å². The van der Waals surface area contributed by atoms with Crippen molar-refractivity contribution in [1.29, 1.82) is 0 Å². The van der Waals surface area contributed by atoms with E-state index in [-0.39, 0.29) is 51.7 Å². The second kappa shape index (κ2) is 21.0. The summed E-state index contributed by atoms with van der Waals surface area (Å²) in [6.45, 7) is 16.7. The van der Waals surface area contributed by atoms with Crippen LogP contribution in [0.2, 0.25) is 8.67 Å². The lowest BCUT2D eigenvalue weighted by molar-refractivity contribution is 0.0701. The number of carboxylic acid groups (broad SMARTS) is 1. The number of aromatic nitrogens is 8. The molecule has 1 N–H and O–H groups in total. The minimum absolute atomic E-state index is 0.0190. The molecule has 8 aromatic rings. The van der Waals surface area contributed by atoms with Crippen molar-refractivity contribution in [3.05, 3.63) is 138 Å². The molecule has 4 atom stereocenters. The zero-order chi connectivity index (χ0) is 47.2. The van der Waals surface area contributed by atoms with E-state index in [9.17, 15) is 18.4 Å². The third-order valence-electron chi connectivity index (χ3n) is 11.8. The Bertz CT molecular complexity index is 3190. The van der Waals surface area contributed by atoms with Crippen LogP contribution in [0.25, 0.3) is 54.8 Å². The molecule has 13 nitrogen and oxygen atoms in total. The number of pyridine rings is 4. The SMILES string of the molecule is O=C(O)c1ccc(Cl)s1.[C-]#[N+]c1cc2nc(-c3ncccc3F)n([C@H]3CCC[C@@H](C)C3)c2cn1.[C-]#[N+]c1cc2nc(-c3ncccc3F)n([C@H]3CCC[C@@H](CC(=O)c4ccc(Cl)s4)C3)c2cn1. The summed E-state index contributed by atoms with van der Waals surface area (Å²) in [7, 11) is 0. The molecule has 0 amide bonds. The van der Waals surface area contributed by atoms with Gasteiger partial charge in [-0.1, -0.05) is 62.5 Å². The normalized spacial score (nSPS) is 18.0. The van der Waals surface area contributed by atoms with Gasteiger partial charge in [0.05, 0.1) is 24.6 Å². The molecule has 2 saturated carbocycles. The Kier molecular flexibility index (Phi) is 14.7. The predicted octanol–water partition coefficient (Wildman–Crippen LogP) is 13.9. The maximum Gasteiger partial charge on any atom is 0.345 e. The maximum atomic E-state index is 14.7. The van der Waals surface area contributed by atoms with Gasteiger partial charge < -0.3 is 23.9 Å². The molecular weight excluding hydrogens is 938 g/mol. The number of halogens is 4. The number of imidazole rings is 2. The number of aromatic carboxylic acids is 1. The zero-order valence-electron chi connectivity index (χ0n) is 35.8. The number of carboxylic acids is 1. The van der Waals surface area contributed by atoms with E-state index in [0.717, 1.165) is 67.3 Å². The number of Topliss-reactive ketones (excluding diaryl/α,β-unsaturated/α-hetero) is 1. The molecule has 0 aliphatic heterocycles. The zero-order valence-corrected chi connectivity index (χ0v) is 39.0. The van der Waals surface area contributed by atoms with Crippen molar-refractivity contribution in [3.63, 3.8) is 0 Å². The molecule has 19 heteroatoms. The molecule has 0 aromatic carbocycles. The lowest BCUT2D eigenvalue weighted by atomic mass is 9.82. The number of carbonyl (C=O) groups excluding carboxylic acids is 1. The predicted molar refractivity (Wildman–Crippen MR) is 256 cm³/mol. The molecule has 8 aromatic heterocycles. The Morgan fingerprint density at radius 3 is 1.69 bits per heavy atom. The molecular formula is C48H40Cl2F2N10O3S2. The average Bonchev–Trinajstić information content (AvgIpc) is 4.14. The summed E-state index contributed by atoms with van der Waals surface area (Å²) in [4.78, 5) is 56.8. The van der Waals surface area contributed by atoms with Gasteiger partial charge in [-0.3, -0.25) is 4.79 Å². The highest BCUT2D eigenvalue weighted by Crippen LogP contribution is 2.41. The van der Waals surface area contributed by atoms with Crippen LogP contribution in [0.1, 0.15) is 96.1 Å². The second-order valence-electron chi connectivity index (χ2n) is 16.3. The first-order valence-corrected chi connectivity index (χ1v) is 23.8. The van der Waals surface area contributed by atoms with Crippen molar-refractivity contribution in [2.75, 3.05) is 0 Å². The van der Waals surface area contributed by atoms with Crippen LogP contribution in [0.4, 0.5) is 20.4 Å². The molecule has 2 aliphatic rings. The fraction of sp³-hybridized carbons (Fsp3) is 0.292. The number of nitrogens with zero attached hydrogens (tertiary/aromatic N) is 10. The smallest absolute Gasteiger partial charge is 0.345 e. The highest BCUT2D eigenvalue weighted by molar-refractivity contribution is 7.18. The van der Waals surface area contributed by atoms with Gasteiger partial charge in [-0.15, -0.1) is 32.6 Å². The molecule has 0 saturated heterocycles. The molecule has 0 unspecified atom stereocenters. The molecule has 2 aliphatic carbocycles. The lowest BCUT2D eigenvalue weighted by Gasteiger charge is -2.31. The minimum Gasteiger partial charge on any atom is -0.477 e. The van der Waals surface area contributed by atoms with Crippen LogP contribution in [-0.4, -0.2) is 55.9 Å². The fourth-order valence-electron chi connectivity index (χ4n) is 8.84. The Morgan fingerprint density at radius 1 is 0.731 bits per heavy atom. The first-order valence-electron chi connectivity index (χ1n) is 21.4. The number of hydrogen-bond donors (Lipinski definition) is 1. The number of rotatable bonds is 8. The topological polar surface area (TPSA) is 150 Å². The molecule has 0 radical (unpaired) electrons. The van der Waals surface area contributed by atoms with Crippen molar-refractivity contribution in [3.8, 4) is 23.0 Å². The van der Waals surface area contributed by atoms with E-state index in [1.807, 2.05) is 4.57 Å². The van der Waals surface area contributed by atoms with Gasteiger partial charge in [0, 0.05) is 30.9 Å². The van der Waals surface area contributed by atoms with E-state index in [1.54, 1.807) is 67.3 Å². The number of carbonyl (C=O) groups is 2. The quantitative estimate of drug-likeness (QED) is 0.116. The van der Waals surface area contributed by atoms with Crippen molar-refractivity contribution in [1.82, 2.24) is 39.0 Å². The van der Waals surface area contributed by atoms with Gasteiger partial charge in [0.25, 0.3) is 11.6 Å². The van der Waals surface area contributed by atoms with Crippen LogP contribution in [0, 0.1) is 36.6 Å². The van der Waals surface area contributed by atoms with Gasteiger partial charge in [0.1, 0.15) is 39.7 Å². The van der Waals surface area contributed by atoms with E-state index < -0.39 is 11.8 Å². The van der Waals surface area contributed by atoms with Crippen molar-refractivity contribution >= 4 is 91.3 Å². The molecule has 340 valence electrons. The summed E-state index contributed by atoms with van der Waals surface area (Å²) in [6.07, 6.45) is 14.9. The fourth-order valence-corrected chi connectivity index (χ4v) is 10.7. The summed E-state index contributed by atoms with van der Waals surface area (Å²) >= 11 is 13.8. The minimum atomic E-state index is -0.924. The maximum absolute atomic E-state index is 14.7. The van der Waals surface area contributed by atoms with Gasteiger partial charge in [0.15, 0.2) is 29.1 Å². The van der Waals surface area contributed by atoms with Crippen LogP contribution in [0.3, 0.4) is 0 Å². The number of hydrogen-bond acceptors (Lipinski definition) is 10. The monoisotopic (exact) mass is 976 g/mol.